The number of amides is 3. The second kappa shape index (κ2) is 20.4. The number of nitrogens with one attached hydrogen (secondary N) is 1. The van der Waals surface area contributed by atoms with Crippen molar-refractivity contribution in [3.05, 3.63) is 102 Å². The first-order valence-corrected chi connectivity index (χ1v) is 21.9. The molecule has 0 bridgehead atoms. The molecule has 4 aromatic rings. The molecule has 15 nitrogen and oxygen atoms in total. The maximum atomic E-state index is 14.7. The molecule has 3 heterocycles. The van der Waals surface area contributed by atoms with Gasteiger partial charge in [-0.2, -0.15) is 0 Å². The molecule has 0 unspecified atom stereocenters. The second-order valence-electron chi connectivity index (χ2n) is 15.1. The monoisotopic (exact) mass is 829 g/mol. The lowest BCUT2D eigenvalue weighted by atomic mass is 9.89. The molecule has 6 rings (SSSR count). The number of alkyl carbamates (subject to hydrolysis) is 1. The van der Waals surface area contributed by atoms with Crippen LogP contribution in [0.5, 0.6) is 0 Å². The van der Waals surface area contributed by atoms with Crippen molar-refractivity contribution < 1.29 is 46.3 Å². The number of benzene rings is 3. The molecule has 3 aromatic carbocycles. The minimum Gasteiger partial charge on any atom is -0.445 e. The Labute approximate surface area is 343 Å². The number of hydrogen-bond acceptors (Lipinski definition) is 12. The van der Waals surface area contributed by atoms with E-state index < -0.39 is 75.1 Å². The number of unbranched alkanes of at least 4 members (excludes halogenated alkanes) is 1. The van der Waals surface area contributed by atoms with Crippen LogP contribution in [0, 0.1) is 5.92 Å². The number of sulfone groups is 1. The van der Waals surface area contributed by atoms with E-state index in [1.165, 1.54) is 0 Å². The van der Waals surface area contributed by atoms with Crippen LogP contribution in [0.2, 0.25) is 0 Å². The number of likely N-dealkylation sites (tertiary alicyclic amines) is 2. The van der Waals surface area contributed by atoms with E-state index in [2.05, 4.69) is 10.3 Å². The van der Waals surface area contributed by atoms with Crippen molar-refractivity contribution in [2.24, 2.45) is 11.7 Å². The van der Waals surface area contributed by atoms with E-state index in [1.54, 1.807) is 89.8 Å². The Kier molecular flexibility index (Phi) is 14.8. The van der Waals surface area contributed by atoms with Gasteiger partial charge in [0.1, 0.15) is 24.3 Å². The average molecular weight is 830 g/mol. The molecule has 3 N–H and O–H groups in total. The predicted octanol–water partition coefficient (Wildman–Crippen LogP) is 5.22. The normalized spacial score (nSPS) is 17.9. The topological polar surface area (TPSA) is 209 Å². The van der Waals surface area contributed by atoms with Gasteiger partial charge < -0.3 is 34.7 Å². The number of nitrogens with two attached hydrogens (primary N) is 1. The molecular formula is C43H51N5O10S. The third-order valence-electron chi connectivity index (χ3n) is 10.6. The summed E-state index contributed by atoms with van der Waals surface area (Å²) in [4.78, 5) is 76.7. The van der Waals surface area contributed by atoms with E-state index in [0.29, 0.717) is 54.7 Å². The number of nitrogens with zero attached hydrogens (tertiary/aromatic N) is 3. The molecule has 59 heavy (non-hydrogen) atoms. The number of hydrogen-bond donors (Lipinski definition) is 2. The first-order chi connectivity index (χ1) is 28.5. The molecule has 0 saturated carbocycles. The number of ether oxygens (including phenoxy) is 2. The molecule has 1 aromatic heterocycles. The molecule has 3 amide bonds. The van der Waals surface area contributed by atoms with Gasteiger partial charge in [0.05, 0.1) is 24.1 Å². The number of carbonyl (C=O) groups excluding carboxylic acids is 5. The lowest BCUT2D eigenvalue weighted by Crippen LogP contribution is -2.54. The zero-order valence-electron chi connectivity index (χ0n) is 32.9. The summed E-state index contributed by atoms with van der Waals surface area (Å²) in [5, 5.41) is 2.45. The number of oxazole rings is 1. The van der Waals surface area contributed by atoms with Crippen LogP contribution < -0.4 is 11.1 Å². The van der Waals surface area contributed by atoms with E-state index in [0.717, 1.165) is 24.2 Å². The SMILES string of the molecule is NCCCC[C@H](CC(=O)[C@@H]1C[C@@H](OC(=O)N2CCCCC2)CN1C(=O)[C@@H](CS(=O)(=O)Cc1ccccc1)NC(=O)OCc1ccccc1)C(=O)c1nc2ccccc2o1. The van der Waals surface area contributed by atoms with Crippen molar-refractivity contribution >= 4 is 50.6 Å². The van der Waals surface area contributed by atoms with E-state index >= 15 is 0 Å². The molecule has 0 aliphatic carbocycles. The van der Waals surface area contributed by atoms with Gasteiger partial charge in [0.25, 0.3) is 5.89 Å². The third kappa shape index (κ3) is 12.0. The lowest BCUT2D eigenvalue weighted by molar-refractivity contribution is -0.139. The minimum atomic E-state index is -4.06. The minimum absolute atomic E-state index is 0.0985. The number of fused-ring (bicyclic) bond motifs is 1. The zero-order valence-corrected chi connectivity index (χ0v) is 33.7. The Morgan fingerprint density at radius 2 is 1.56 bits per heavy atom. The van der Waals surface area contributed by atoms with Gasteiger partial charge in [-0.3, -0.25) is 14.4 Å². The Morgan fingerprint density at radius 1 is 0.881 bits per heavy atom. The summed E-state index contributed by atoms with van der Waals surface area (Å²) < 4.78 is 44.4. The summed E-state index contributed by atoms with van der Waals surface area (Å²) in [5.74, 6) is -4.13. The van der Waals surface area contributed by atoms with Crippen LogP contribution in [0.3, 0.4) is 0 Å². The van der Waals surface area contributed by atoms with Gasteiger partial charge in [-0.15, -0.1) is 0 Å². The highest BCUT2D eigenvalue weighted by molar-refractivity contribution is 7.90. The van der Waals surface area contributed by atoms with Gasteiger partial charge in [-0.05, 0) is 61.9 Å². The highest BCUT2D eigenvalue weighted by Crippen LogP contribution is 2.29. The van der Waals surface area contributed by atoms with Gasteiger partial charge in [-0.25, -0.2) is 23.0 Å². The molecule has 16 heteroatoms. The summed E-state index contributed by atoms with van der Waals surface area (Å²) in [5.41, 5.74) is 7.80. The Morgan fingerprint density at radius 3 is 2.25 bits per heavy atom. The highest BCUT2D eigenvalue weighted by Gasteiger charge is 2.45. The van der Waals surface area contributed by atoms with Crippen molar-refractivity contribution in [2.45, 2.75) is 81.9 Å². The Hall–Kier alpha value is -5.61. The number of Topliss-reactive ketones (excluding diaryl/α,β-unsaturated/α-hetero) is 2. The third-order valence-corrected chi connectivity index (χ3v) is 12.2. The summed E-state index contributed by atoms with van der Waals surface area (Å²) >= 11 is 0. The van der Waals surface area contributed by atoms with Crippen molar-refractivity contribution in [2.75, 3.05) is 31.9 Å². The van der Waals surface area contributed by atoms with Gasteiger partial charge in [0, 0.05) is 31.8 Å². The van der Waals surface area contributed by atoms with Gasteiger partial charge in [0.2, 0.25) is 11.7 Å². The second-order valence-corrected chi connectivity index (χ2v) is 17.2. The average Bonchev–Trinajstić information content (AvgIpc) is 3.88. The molecule has 2 saturated heterocycles. The van der Waals surface area contributed by atoms with Crippen molar-refractivity contribution in [1.82, 2.24) is 20.1 Å². The first kappa shape index (κ1) is 43.0. The molecule has 2 aliphatic heterocycles. The number of aromatic nitrogens is 1. The highest BCUT2D eigenvalue weighted by atomic mass is 32.2. The Balaban J connectivity index is 1.27. The number of rotatable bonds is 18. The molecule has 2 aliphatic rings. The van der Waals surface area contributed by atoms with Gasteiger partial charge in [0.15, 0.2) is 21.2 Å². The van der Waals surface area contributed by atoms with E-state index in [9.17, 15) is 32.4 Å². The lowest BCUT2D eigenvalue weighted by Gasteiger charge is -2.29. The van der Waals surface area contributed by atoms with Crippen molar-refractivity contribution in [3.63, 3.8) is 0 Å². The molecule has 314 valence electrons. The smallest absolute Gasteiger partial charge is 0.410 e. The summed E-state index contributed by atoms with van der Waals surface area (Å²) in [6, 6.07) is 21.2. The summed E-state index contributed by atoms with van der Waals surface area (Å²) in [6.45, 7) is 0.998. The first-order valence-electron chi connectivity index (χ1n) is 20.1. The maximum absolute atomic E-state index is 14.7. The van der Waals surface area contributed by atoms with Crippen molar-refractivity contribution in [1.29, 1.82) is 0 Å². The van der Waals surface area contributed by atoms with E-state index in [1.807, 2.05) is 0 Å². The zero-order chi connectivity index (χ0) is 41.8. The van der Waals surface area contributed by atoms with Crippen LogP contribution in [0.1, 0.15) is 73.2 Å². The standard InChI is InChI=1S/C43H51N5O10S/c44-21-11-10-18-32(39(50)40-45-34-19-8-9-20-38(34)58-40)24-37(49)36-25-33(57-43(53)47-22-12-3-13-23-47)26-48(36)41(51)35(29-59(54,55)28-31-16-6-2-7-17-31)46-42(52)56-27-30-14-4-1-5-15-30/h1-2,4-9,14-17,19-20,32-33,35-36H,3,10-13,18,21-29,44H2,(H,46,52)/t32-,33-,35-,36+/m1/s1. The number of carbonyl (C=O) groups is 5. The number of ketones is 2. The van der Waals surface area contributed by atoms with Crippen LogP contribution in [-0.4, -0.2) is 103 Å². The fourth-order valence-electron chi connectivity index (χ4n) is 7.54. The van der Waals surface area contributed by atoms with Gasteiger partial charge in [-0.1, -0.05) is 79.2 Å². The fraction of sp³-hybridized carbons (Fsp3) is 0.442. The number of para-hydroxylation sites is 2. The maximum Gasteiger partial charge on any atom is 0.410 e. The molecule has 0 spiro atoms. The van der Waals surface area contributed by atoms with E-state index in [-0.39, 0.29) is 38.3 Å². The largest absolute Gasteiger partial charge is 0.445 e. The van der Waals surface area contributed by atoms with Gasteiger partial charge >= 0.3 is 12.2 Å². The predicted molar refractivity (Wildman–Crippen MR) is 218 cm³/mol. The van der Waals surface area contributed by atoms with Crippen LogP contribution in [-0.2, 0) is 41.3 Å². The van der Waals surface area contributed by atoms with Crippen LogP contribution in [0.15, 0.2) is 89.3 Å². The quantitative estimate of drug-likeness (QED) is 0.0978. The molecule has 0 radical (unpaired) electrons. The van der Waals surface area contributed by atoms with E-state index in [4.69, 9.17) is 19.6 Å². The van der Waals surface area contributed by atoms with Crippen molar-refractivity contribution in [3.8, 4) is 0 Å². The Bertz CT molecular complexity index is 2140. The fourth-order valence-corrected chi connectivity index (χ4v) is 9.09. The molecular weight excluding hydrogens is 779 g/mol. The van der Waals surface area contributed by atoms with Crippen LogP contribution >= 0.6 is 0 Å². The molecule has 4 atom stereocenters. The summed E-state index contributed by atoms with van der Waals surface area (Å²) in [7, 11) is -4.06. The number of piperidine rings is 1. The van der Waals surface area contributed by atoms with Crippen LogP contribution in [0.4, 0.5) is 9.59 Å². The summed E-state index contributed by atoms with van der Waals surface area (Å²) in [6.07, 6.45) is 1.06. The molecule has 2 fully saturated rings. The van der Waals surface area contributed by atoms with Crippen LogP contribution in [0.25, 0.3) is 11.1 Å².